The standard InChI is InChI=1S/C16H21N/c1-2-12-17-16-11-7-6-10-15(16)13-14-8-4-3-5-9-14/h2-5,8-9,13,16-17H,1,6-7,10-12H2/b15-13-. The lowest BCUT2D eigenvalue weighted by molar-refractivity contribution is 0.473. The maximum Gasteiger partial charge on any atom is 0.0285 e. The summed E-state index contributed by atoms with van der Waals surface area (Å²) in [6, 6.07) is 11.2. The Labute approximate surface area is 104 Å². The van der Waals surface area contributed by atoms with Crippen molar-refractivity contribution in [3.63, 3.8) is 0 Å². The predicted octanol–water partition coefficient (Wildman–Crippen LogP) is 3.79. The molecule has 0 spiro atoms. The van der Waals surface area contributed by atoms with Crippen LogP contribution in [0.4, 0.5) is 0 Å². The van der Waals surface area contributed by atoms with Crippen molar-refractivity contribution < 1.29 is 0 Å². The zero-order chi connectivity index (χ0) is 11.9. The van der Waals surface area contributed by atoms with Crippen LogP contribution in [0, 0.1) is 0 Å². The third-order valence-corrected chi connectivity index (χ3v) is 3.32. The van der Waals surface area contributed by atoms with E-state index in [0.29, 0.717) is 6.04 Å². The minimum Gasteiger partial charge on any atom is -0.307 e. The highest BCUT2D eigenvalue weighted by Gasteiger charge is 2.17. The van der Waals surface area contributed by atoms with Crippen LogP contribution in [0.2, 0.25) is 0 Å². The lowest BCUT2D eigenvalue weighted by Crippen LogP contribution is -2.33. The van der Waals surface area contributed by atoms with E-state index in [4.69, 9.17) is 0 Å². The van der Waals surface area contributed by atoms with E-state index < -0.39 is 0 Å². The maximum absolute atomic E-state index is 3.77. The molecule has 1 unspecified atom stereocenters. The van der Waals surface area contributed by atoms with E-state index in [2.05, 4.69) is 48.3 Å². The summed E-state index contributed by atoms with van der Waals surface area (Å²) in [5.74, 6) is 0. The first-order chi connectivity index (χ1) is 8.40. The lowest BCUT2D eigenvalue weighted by Gasteiger charge is -2.26. The largest absolute Gasteiger partial charge is 0.307 e. The van der Waals surface area contributed by atoms with Crippen molar-refractivity contribution in [2.24, 2.45) is 0 Å². The van der Waals surface area contributed by atoms with Crippen LogP contribution < -0.4 is 5.32 Å². The Morgan fingerprint density at radius 2 is 2.06 bits per heavy atom. The molecule has 1 N–H and O–H groups in total. The van der Waals surface area contributed by atoms with Gasteiger partial charge in [0, 0.05) is 12.6 Å². The third kappa shape index (κ3) is 3.57. The summed E-state index contributed by atoms with van der Waals surface area (Å²) < 4.78 is 0. The molecule has 0 bridgehead atoms. The molecular formula is C16H21N. The second kappa shape index (κ2) is 6.41. The van der Waals surface area contributed by atoms with Crippen molar-refractivity contribution in [1.82, 2.24) is 5.32 Å². The first kappa shape index (κ1) is 12.1. The van der Waals surface area contributed by atoms with E-state index >= 15 is 0 Å². The molecular weight excluding hydrogens is 206 g/mol. The van der Waals surface area contributed by atoms with Crippen molar-refractivity contribution >= 4 is 6.08 Å². The van der Waals surface area contributed by atoms with Gasteiger partial charge in [-0.25, -0.2) is 0 Å². The molecule has 0 heterocycles. The molecule has 2 rings (SSSR count). The second-order valence-corrected chi connectivity index (χ2v) is 4.63. The molecule has 1 heteroatoms. The van der Waals surface area contributed by atoms with Gasteiger partial charge in [0.15, 0.2) is 0 Å². The molecule has 0 amide bonds. The Hall–Kier alpha value is -1.34. The smallest absolute Gasteiger partial charge is 0.0285 e. The lowest BCUT2D eigenvalue weighted by atomic mass is 9.88. The number of benzene rings is 1. The quantitative estimate of drug-likeness (QED) is 0.772. The fourth-order valence-electron chi connectivity index (χ4n) is 2.43. The fourth-order valence-corrected chi connectivity index (χ4v) is 2.43. The summed E-state index contributed by atoms with van der Waals surface area (Å²) in [6.07, 6.45) is 9.43. The third-order valence-electron chi connectivity index (χ3n) is 3.32. The molecule has 0 saturated heterocycles. The Bertz CT molecular complexity index is 378. The molecule has 1 aliphatic carbocycles. The Kier molecular flexibility index (Phi) is 4.57. The Morgan fingerprint density at radius 3 is 2.82 bits per heavy atom. The molecule has 90 valence electrons. The van der Waals surface area contributed by atoms with Crippen LogP contribution in [0.25, 0.3) is 6.08 Å². The highest BCUT2D eigenvalue weighted by atomic mass is 14.9. The van der Waals surface area contributed by atoms with Gasteiger partial charge in [-0.1, -0.05) is 54.5 Å². The van der Waals surface area contributed by atoms with Gasteiger partial charge >= 0.3 is 0 Å². The van der Waals surface area contributed by atoms with Crippen LogP contribution >= 0.6 is 0 Å². The first-order valence-corrected chi connectivity index (χ1v) is 6.50. The van der Waals surface area contributed by atoms with Crippen molar-refractivity contribution in [2.45, 2.75) is 31.7 Å². The number of nitrogens with one attached hydrogen (secondary N) is 1. The predicted molar refractivity (Wildman–Crippen MR) is 74.9 cm³/mol. The molecule has 0 aromatic heterocycles. The van der Waals surface area contributed by atoms with E-state index in [1.54, 1.807) is 5.57 Å². The zero-order valence-corrected chi connectivity index (χ0v) is 10.4. The van der Waals surface area contributed by atoms with E-state index in [1.807, 2.05) is 6.08 Å². The van der Waals surface area contributed by atoms with Gasteiger partial charge in [-0.05, 0) is 24.8 Å². The van der Waals surface area contributed by atoms with Crippen molar-refractivity contribution in [1.29, 1.82) is 0 Å². The van der Waals surface area contributed by atoms with Gasteiger partial charge in [0.25, 0.3) is 0 Å². The summed E-state index contributed by atoms with van der Waals surface area (Å²) in [7, 11) is 0. The molecule has 0 radical (unpaired) electrons. The normalized spacial score (nSPS) is 22.6. The van der Waals surface area contributed by atoms with Crippen molar-refractivity contribution in [3.05, 3.63) is 54.1 Å². The van der Waals surface area contributed by atoms with E-state index in [-0.39, 0.29) is 0 Å². The molecule has 1 fully saturated rings. The van der Waals surface area contributed by atoms with E-state index in [9.17, 15) is 0 Å². The first-order valence-electron chi connectivity index (χ1n) is 6.50. The van der Waals surface area contributed by atoms with Gasteiger partial charge < -0.3 is 5.32 Å². The molecule has 1 aromatic rings. The van der Waals surface area contributed by atoms with Gasteiger partial charge in [0.2, 0.25) is 0 Å². The van der Waals surface area contributed by atoms with Gasteiger partial charge in [-0.15, -0.1) is 6.58 Å². The van der Waals surface area contributed by atoms with Crippen LogP contribution in [0.15, 0.2) is 48.6 Å². The van der Waals surface area contributed by atoms with Crippen molar-refractivity contribution in [2.75, 3.05) is 6.54 Å². The summed E-state index contributed by atoms with van der Waals surface area (Å²) in [5, 5.41) is 3.56. The van der Waals surface area contributed by atoms with Crippen LogP contribution in [-0.2, 0) is 0 Å². The summed E-state index contributed by atoms with van der Waals surface area (Å²) in [5.41, 5.74) is 2.86. The maximum atomic E-state index is 3.77. The number of hydrogen-bond acceptors (Lipinski definition) is 1. The Balaban J connectivity index is 2.10. The van der Waals surface area contributed by atoms with Gasteiger partial charge in [-0.2, -0.15) is 0 Å². The van der Waals surface area contributed by atoms with E-state index in [1.165, 1.54) is 31.2 Å². The van der Waals surface area contributed by atoms with Crippen molar-refractivity contribution in [3.8, 4) is 0 Å². The van der Waals surface area contributed by atoms with E-state index in [0.717, 1.165) is 6.54 Å². The summed E-state index contributed by atoms with van der Waals surface area (Å²) >= 11 is 0. The topological polar surface area (TPSA) is 12.0 Å². The average Bonchev–Trinajstić information content (AvgIpc) is 2.39. The second-order valence-electron chi connectivity index (χ2n) is 4.63. The average molecular weight is 227 g/mol. The molecule has 1 nitrogen and oxygen atoms in total. The Morgan fingerprint density at radius 1 is 1.24 bits per heavy atom. The SMILES string of the molecule is C=CCNC1CCCC/C1=C/c1ccccc1. The molecule has 1 aromatic carbocycles. The molecule has 17 heavy (non-hydrogen) atoms. The monoisotopic (exact) mass is 227 g/mol. The zero-order valence-electron chi connectivity index (χ0n) is 10.4. The van der Waals surface area contributed by atoms with Gasteiger partial charge in [-0.3, -0.25) is 0 Å². The minimum atomic E-state index is 0.543. The molecule has 1 aliphatic rings. The van der Waals surface area contributed by atoms with Crippen LogP contribution in [0.3, 0.4) is 0 Å². The van der Waals surface area contributed by atoms with Crippen LogP contribution in [-0.4, -0.2) is 12.6 Å². The molecule has 1 atom stereocenters. The van der Waals surface area contributed by atoms with Crippen LogP contribution in [0.1, 0.15) is 31.2 Å². The summed E-state index contributed by atoms with van der Waals surface area (Å²) in [4.78, 5) is 0. The minimum absolute atomic E-state index is 0.543. The highest BCUT2D eigenvalue weighted by Crippen LogP contribution is 2.25. The number of hydrogen-bond donors (Lipinski definition) is 1. The fraction of sp³-hybridized carbons (Fsp3) is 0.375. The van der Waals surface area contributed by atoms with Gasteiger partial charge in [0.1, 0.15) is 0 Å². The number of rotatable bonds is 4. The summed E-state index contributed by atoms with van der Waals surface area (Å²) in [6.45, 7) is 4.67. The molecule has 0 aliphatic heterocycles. The highest BCUT2D eigenvalue weighted by molar-refractivity contribution is 5.54. The van der Waals surface area contributed by atoms with Crippen LogP contribution in [0.5, 0.6) is 0 Å². The van der Waals surface area contributed by atoms with Gasteiger partial charge in [0.05, 0.1) is 0 Å². The molecule has 1 saturated carbocycles.